The Labute approximate surface area is 202 Å². The molecule has 4 rings (SSSR count). The van der Waals surface area contributed by atoms with E-state index in [0.717, 1.165) is 31.9 Å². The second-order valence-electron chi connectivity index (χ2n) is 8.80. The molecule has 6 heteroatoms. The Bertz CT molecular complexity index is 1040. The Morgan fingerprint density at radius 1 is 0.912 bits per heavy atom. The molecule has 3 aromatic rings. The van der Waals surface area contributed by atoms with E-state index in [1.807, 2.05) is 26.2 Å². The number of methoxy groups -OCH3 is 1. The number of amides is 1. The number of benzene rings is 3. The quantitative estimate of drug-likeness (QED) is 0.552. The number of carbonyl (C=O) groups is 1. The summed E-state index contributed by atoms with van der Waals surface area (Å²) in [4.78, 5) is 19.9. The molecule has 6 nitrogen and oxygen atoms in total. The first kappa shape index (κ1) is 23.6. The zero-order valence-corrected chi connectivity index (χ0v) is 20.3. The summed E-state index contributed by atoms with van der Waals surface area (Å²) in [5, 5.41) is 3.17. The lowest BCUT2D eigenvalue weighted by atomic mass is 10.0. The Morgan fingerprint density at radius 2 is 1.56 bits per heavy atom. The van der Waals surface area contributed by atoms with Gasteiger partial charge in [0.05, 0.1) is 13.2 Å². The van der Waals surface area contributed by atoms with E-state index < -0.39 is 0 Å². The lowest BCUT2D eigenvalue weighted by Crippen LogP contribution is -2.50. The molecule has 0 saturated carbocycles. The SMILES string of the molecule is COc1ccc(C(=O)NC[C@H](c2ccc(N(C)C)cc2)N2CCN(c3ccccc3)CC2)cc1. The lowest BCUT2D eigenvalue weighted by molar-refractivity contribution is 0.0930. The number of anilines is 2. The first-order chi connectivity index (χ1) is 16.5. The average Bonchev–Trinajstić information content (AvgIpc) is 2.90. The lowest BCUT2D eigenvalue weighted by Gasteiger charge is -2.40. The molecule has 1 aliphatic heterocycles. The van der Waals surface area contributed by atoms with Gasteiger partial charge < -0.3 is 19.9 Å². The summed E-state index contributed by atoms with van der Waals surface area (Å²) in [7, 11) is 5.72. The zero-order valence-electron chi connectivity index (χ0n) is 20.3. The molecular weight excluding hydrogens is 424 g/mol. The van der Waals surface area contributed by atoms with Gasteiger partial charge in [-0.3, -0.25) is 9.69 Å². The first-order valence-corrected chi connectivity index (χ1v) is 11.8. The van der Waals surface area contributed by atoms with Crippen molar-refractivity contribution in [1.82, 2.24) is 10.2 Å². The van der Waals surface area contributed by atoms with Crippen molar-refractivity contribution >= 4 is 17.3 Å². The van der Waals surface area contributed by atoms with Crippen LogP contribution >= 0.6 is 0 Å². The maximum atomic E-state index is 12.9. The normalized spacial score (nSPS) is 15.0. The predicted molar refractivity (Wildman–Crippen MR) is 139 cm³/mol. The van der Waals surface area contributed by atoms with Crippen LogP contribution in [0.2, 0.25) is 0 Å². The van der Waals surface area contributed by atoms with Crippen LogP contribution in [-0.2, 0) is 0 Å². The third-order valence-corrected chi connectivity index (χ3v) is 6.48. The van der Waals surface area contributed by atoms with Gasteiger partial charge in [0.1, 0.15) is 5.75 Å². The van der Waals surface area contributed by atoms with Gasteiger partial charge in [0.15, 0.2) is 0 Å². The summed E-state index contributed by atoms with van der Waals surface area (Å²) in [6.07, 6.45) is 0. The maximum Gasteiger partial charge on any atom is 0.251 e. The molecular formula is C28H34N4O2. The Balaban J connectivity index is 1.47. The van der Waals surface area contributed by atoms with Crippen LogP contribution in [0, 0.1) is 0 Å². The molecule has 178 valence electrons. The van der Waals surface area contributed by atoms with E-state index in [9.17, 15) is 4.79 Å². The van der Waals surface area contributed by atoms with E-state index in [4.69, 9.17) is 4.74 Å². The third kappa shape index (κ3) is 5.69. The molecule has 0 bridgehead atoms. The highest BCUT2D eigenvalue weighted by Gasteiger charge is 2.26. The monoisotopic (exact) mass is 458 g/mol. The molecule has 3 aromatic carbocycles. The molecule has 1 heterocycles. The number of hydrogen-bond donors (Lipinski definition) is 1. The Kier molecular flexibility index (Phi) is 7.70. The van der Waals surface area contributed by atoms with Crippen LogP contribution in [-0.4, -0.2) is 64.7 Å². The number of hydrogen-bond acceptors (Lipinski definition) is 5. The molecule has 1 atom stereocenters. The minimum absolute atomic E-state index is 0.0690. The number of piperazine rings is 1. The van der Waals surface area contributed by atoms with Crippen LogP contribution in [0.15, 0.2) is 78.9 Å². The number of nitrogens with zero attached hydrogens (tertiary/aromatic N) is 3. The second kappa shape index (κ2) is 11.1. The molecule has 0 radical (unpaired) electrons. The van der Waals surface area contributed by atoms with E-state index in [2.05, 4.69) is 74.6 Å². The van der Waals surface area contributed by atoms with Gasteiger partial charge in [-0.1, -0.05) is 30.3 Å². The van der Waals surface area contributed by atoms with E-state index >= 15 is 0 Å². The minimum atomic E-state index is -0.0690. The van der Waals surface area contributed by atoms with Crippen molar-refractivity contribution in [3.8, 4) is 5.75 Å². The summed E-state index contributed by atoms with van der Waals surface area (Å²) in [6, 6.07) is 26.6. The summed E-state index contributed by atoms with van der Waals surface area (Å²) >= 11 is 0. The van der Waals surface area contributed by atoms with Crippen molar-refractivity contribution in [2.45, 2.75) is 6.04 Å². The minimum Gasteiger partial charge on any atom is -0.497 e. The summed E-state index contributed by atoms with van der Waals surface area (Å²) in [6.45, 7) is 4.35. The average molecular weight is 459 g/mol. The van der Waals surface area contributed by atoms with Gasteiger partial charge in [0.2, 0.25) is 0 Å². The van der Waals surface area contributed by atoms with Gasteiger partial charge in [0.25, 0.3) is 5.91 Å². The van der Waals surface area contributed by atoms with Crippen LogP contribution in [0.4, 0.5) is 11.4 Å². The molecule has 0 aliphatic carbocycles. The Morgan fingerprint density at radius 3 is 2.15 bits per heavy atom. The predicted octanol–water partition coefficient (Wildman–Crippen LogP) is 4.05. The van der Waals surface area contributed by atoms with Gasteiger partial charge in [-0.2, -0.15) is 0 Å². The van der Waals surface area contributed by atoms with Gasteiger partial charge in [-0.05, 0) is 54.1 Å². The summed E-state index contributed by atoms with van der Waals surface area (Å²) < 4.78 is 5.21. The van der Waals surface area contributed by atoms with Crippen molar-refractivity contribution in [3.63, 3.8) is 0 Å². The highest BCUT2D eigenvalue weighted by Crippen LogP contribution is 2.26. The maximum absolute atomic E-state index is 12.9. The fourth-order valence-electron chi connectivity index (χ4n) is 4.42. The molecule has 0 unspecified atom stereocenters. The highest BCUT2D eigenvalue weighted by atomic mass is 16.5. The summed E-state index contributed by atoms with van der Waals surface area (Å²) in [5.41, 5.74) is 4.28. The fourth-order valence-corrected chi connectivity index (χ4v) is 4.42. The van der Waals surface area contributed by atoms with Crippen LogP contribution in [0.3, 0.4) is 0 Å². The number of rotatable bonds is 8. The zero-order chi connectivity index (χ0) is 23.9. The van der Waals surface area contributed by atoms with Gasteiger partial charge in [0, 0.05) is 63.8 Å². The van der Waals surface area contributed by atoms with Crippen molar-refractivity contribution in [3.05, 3.63) is 90.0 Å². The number of carbonyl (C=O) groups excluding carboxylic acids is 1. The second-order valence-corrected chi connectivity index (χ2v) is 8.80. The van der Waals surface area contributed by atoms with Crippen molar-refractivity contribution in [2.75, 3.05) is 63.7 Å². The van der Waals surface area contributed by atoms with E-state index in [-0.39, 0.29) is 11.9 Å². The van der Waals surface area contributed by atoms with Gasteiger partial charge in [-0.25, -0.2) is 0 Å². The van der Waals surface area contributed by atoms with Gasteiger partial charge >= 0.3 is 0 Å². The fraction of sp³-hybridized carbons (Fsp3) is 0.321. The van der Waals surface area contributed by atoms with Crippen LogP contribution in [0.5, 0.6) is 5.75 Å². The molecule has 1 aliphatic rings. The molecule has 0 spiro atoms. The van der Waals surface area contributed by atoms with E-state index in [1.165, 1.54) is 16.9 Å². The molecule has 1 fully saturated rings. The molecule has 1 saturated heterocycles. The standard InChI is InChI=1S/C28H34N4O2/c1-30(2)24-13-9-22(10-14-24)27(21-29-28(33)23-11-15-26(34-3)16-12-23)32-19-17-31(18-20-32)25-7-5-4-6-8-25/h4-16,27H,17-21H2,1-3H3,(H,29,33)/t27-/m1/s1. The highest BCUT2D eigenvalue weighted by molar-refractivity contribution is 5.94. The van der Waals surface area contributed by atoms with Crippen molar-refractivity contribution in [2.24, 2.45) is 0 Å². The topological polar surface area (TPSA) is 48.1 Å². The number of ether oxygens (including phenoxy) is 1. The van der Waals surface area contributed by atoms with Crippen molar-refractivity contribution < 1.29 is 9.53 Å². The first-order valence-electron chi connectivity index (χ1n) is 11.8. The molecule has 34 heavy (non-hydrogen) atoms. The molecule has 1 N–H and O–H groups in total. The smallest absolute Gasteiger partial charge is 0.251 e. The Hall–Kier alpha value is -3.51. The van der Waals surface area contributed by atoms with Gasteiger partial charge in [-0.15, -0.1) is 0 Å². The van der Waals surface area contributed by atoms with Crippen LogP contribution in [0.25, 0.3) is 0 Å². The third-order valence-electron chi connectivity index (χ3n) is 6.48. The number of nitrogens with one attached hydrogen (secondary N) is 1. The summed E-state index contributed by atoms with van der Waals surface area (Å²) in [5.74, 6) is 0.673. The molecule has 1 amide bonds. The number of para-hydroxylation sites is 1. The van der Waals surface area contributed by atoms with E-state index in [0.29, 0.717) is 12.1 Å². The molecule has 0 aromatic heterocycles. The van der Waals surface area contributed by atoms with Crippen LogP contribution in [0.1, 0.15) is 22.0 Å². The van der Waals surface area contributed by atoms with Crippen LogP contribution < -0.4 is 19.9 Å². The van der Waals surface area contributed by atoms with E-state index in [1.54, 1.807) is 19.2 Å². The van der Waals surface area contributed by atoms with Crippen molar-refractivity contribution in [1.29, 1.82) is 0 Å². The largest absolute Gasteiger partial charge is 0.497 e.